The monoisotopic (exact) mass is 333 g/mol. The normalized spacial score (nSPS) is 11.2. The molecular formula is C17H20ClN3O2. The average Bonchev–Trinajstić information content (AvgIpc) is 2.53. The lowest BCUT2D eigenvalue weighted by Gasteiger charge is -2.10. The Morgan fingerprint density at radius 3 is 2.52 bits per heavy atom. The van der Waals surface area contributed by atoms with Gasteiger partial charge in [-0.2, -0.15) is 0 Å². The third-order valence-corrected chi connectivity index (χ3v) is 3.58. The summed E-state index contributed by atoms with van der Waals surface area (Å²) in [6.45, 7) is 2.44. The highest BCUT2D eigenvalue weighted by Crippen LogP contribution is 2.27. The highest BCUT2D eigenvalue weighted by molar-refractivity contribution is 6.32. The quantitative estimate of drug-likeness (QED) is 0.648. The molecule has 0 amide bonds. The molecule has 0 spiro atoms. The molecule has 0 aliphatic carbocycles. The van der Waals surface area contributed by atoms with Crippen LogP contribution in [0, 0.1) is 6.92 Å². The van der Waals surface area contributed by atoms with Crippen LogP contribution in [0.2, 0.25) is 5.02 Å². The van der Waals surface area contributed by atoms with Gasteiger partial charge in [-0.1, -0.05) is 23.7 Å². The summed E-state index contributed by atoms with van der Waals surface area (Å²) >= 11 is 6.08. The highest BCUT2D eigenvalue weighted by Gasteiger charge is 2.04. The van der Waals surface area contributed by atoms with E-state index in [1.54, 1.807) is 26.4 Å². The Hall–Kier alpha value is -2.40. The first-order valence-corrected chi connectivity index (χ1v) is 7.45. The Bertz CT molecular complexity index is 717. The Kier molecular flexibility index (Phi) is 5.71. The third kappa shape index (κ3) is 4.53. The van der Waals surface area contributed by atoms with Crippen LogP contribution >= 0.6 is 11.6 Å². The first-order chi connectivity index (χ1) is 11.0. The van der Waals surface area contributed by atoms with Crippen molar-refractivity contribution in [1.29, 1.82) is 0 Å². The number of benzene rings is 2. The minimum absolute atomic E-state index is 0.300. The molecule has 6 heteroatoms. The first-order valence-electron chi connectivity index (χ1n) is 7.07. The van der Waals surface area contributed by atoms with Gasteiger partial charge >= 0.3 is 0 Å². The average molecular weight is 334 g/mol. The van der Waals surface area contributed by atoms with Gasteiger partial charge in [0.05, 0.1) is 25.8 Å². The lowest BCUT2D eigenvalue weighted by molar-refractivity contribution is 0.409. The minimum Gasteiger partial charge on any atom is -0.496 e. The largest absolute Gasteiger partial charge is 0.496 e. The Morgan fingerprint density at radius 2 is 1.87 bits per heavy atom. The molecule has 122 valence electrons. The fourth-order valence-corrected chi connectivity index (χ4v) is 2.34. The number of aryl methyl sites for hydroxylation is 1. The van der Waals surface area contributed by atoms with Gasteiger partial charge < -0.3 is 20.5 Å². The summed E-state index contributed by atoms with van der Waals surface area (Å²) in [5.41, 5.74) is 8.76. The number of rotatable bonds is 5. The highest BCUT2D eigenvalue weighted by atomic mass is 35.5. The van der Waals surface area contributed by atoms with Gasteiger partial charge in [-0.05, 0) is 36.8 Å². The number of ether oxygens (including phenoxy) is 2. The van der Waals surface area contributed by atoms with Gasteiger partial charge in [0.25, 0.3) is 0 Å². The molecule has 0 aromatic heterocycles. The summed E-state index contributed by atoms with van der Waals surface area (Å²) in [4.78, 5) is 4.33. The molecule has 2 aromatic carbocycles. The number of guanidine groups is 1. The molecule has 0 aliphatic heterocycles. The number of nitrogens with two attached hydrogens (primary N) is 1. The number of hydrogen-bond acceptors (Lipinski definition) is 3. The summed E-state index contributed by atoms with van der Waals surface area (Å²) < 4.78 is 10.5. The van der Waals surface area contributed by atoms with E-state index in [1.165, 1.54) is 0 Å². The number of hydrogen-bond donors (Lipinski definition) is 2. The molecule has 0 saturated carbocycles. The Labute approximate surface area is 141 Å². The standard InChI is InChI=1S/C17H20ClN3O2/c1-11-4-5-12(16(8-11)23-3)10-20-17(19)21-13-6-7-15(22-2)14(18)9-13/h4-9H,10H2,1-3H3,(H3,19,20,21). The van der Waals surface area contributed by atoms with Crippen molar-refractivity contribution >= 4 is 23.2 Å². The molecule has 23 heavy (non-hydrogen) atoms. The molecule has 2 aromatic rings. The SMILES string of the molecule is COc1ccc(NC(N)=NCc2ccc(C)cc2OC)cc1Cl. The van der Waals surface area contributed by atoms with Crippen molar-refractivity contribution in [2.45, 2.75) is 13.5 Å². The van der Waals surface area contributed by atoms with Crippen LogP contribution in [-0.2, 0) is 6.54 Å². The predicted molar refractivity (Wildman–Crippen MR) is 94.7 cm³/mol. The first kappa shape index (κ1) is 17.0. The number of nitrogens with one attached hydrogen (secondary N) is 1. The van der Waals surface area contributed by atoms with Crippen LogP contribution in [0.15, 0.2) is 41.4 Å². The van der Waals surface area contributed by atoms with Crippen LogP contribution in [0.3, 0.4) is 0 Å². The van der Waals surface area contributed by atoms with E-state index < -0.39 is 0 Å². The van der Waals surface area contributed by atoms with Gasteiger partial charge in [0.15, 0.2) is 5.96 Å². The zero-order chi connectivity index (χ0) is 16.8. The maximum atomic E-state index is 6.08. The van der Waals surface area contributed by atoms with Crippen molar-refractivity contribution in [2.24, 2.45) is 10.7 Å². The van der Waals surface area contributed by atoms with Crippen LogP contribution in [-0.4, -0.2) is 20.2 Å². The topological polar surface area (TPSA) is 68.9 Å². The summed E-state index contributed by atoms with van der Waals surface area (Å²) in [5, 5.41) is 3.51. The number of halogens is 1. The molecule has 0 aliphatic rings. The smallest absolute Gasteiger partial charge is 0.193 e. The second-order valence-corrected chi connectivity index (χ2v) is 5.40. The van der Waals surface area contributed by atoms with E-state index in [0.717, 1.165) is 22.6 Å². The Balaban J connectivity index is 2.07. The van der Waals surface area contributed by atoms with Crippen molar-refractivity contribution in [3.8, 4) is 11.5 Å². The van der Waals surface area contributed by atoms with Crippen molar-refractivity contribution in [1.82, 2.24) is 0 Å². The van der Waals surface area contributed by atoms with Crippen molar-refractivity contribution in [3.63, 3.8) is 0 Å². The van der Waals surface area contributed by atoms with Crippen LogP contribution < -0.4 is 20.5 Å². The zero-order valence-electron chi connectivity index (χ0n) is 13.4. The van der Waals surface area contributed by atoms with Gasteiger partial charge in [0.1, 0.15) is 11.5 Å². The van der Waals surface area contributed by atoms with Crippen LogP contribution in [0.5, 0.6) is 11.5 Å². The molecule has 2 rings (SSSR count). The fourth-order valence-electron chi connectivity index (χ4n) is 2.08. The molecule has 0 heterocycles. The second kappa shape index (κ2) is 7.74. The number of anilines is 1. The van der Waals surface area contributed by atoms with E-state index in [4.69, 9.17) is 26.8 Å². The molecule has 0 radical (unpaired) electrons. The summed E-state index contributed by atoms with van der Waals surface area (Å²) in [7, 11) is 3.21. The molecule has 0 fully saturated rings. The maximum absolute atomic E-state index is 6.08. The van der Waals surface area contributed by atoms with E-state index in [9.17, 15) is 0 Å². The van der Waals surface area contributed by atoms with Gasteiger partial charge in [-0.3, -0.25) is 0 Å². The molecule has 5 nitrogen and oxygen atoms in total. The number of methoxy groups -OCH3 is 2. The molecule has 0 saturated heterocycles. The van der Waals surface area contributed by atoms with Crippen LogP contribution in [0.4, 0.5) is 5.69 Å². The maximum Gasteiger partial charge on any atom is 0.193 e. The number of nitrogens with zero attached hydrogens (tertiary/aromatic N) is 1. The Morgan fingerprint density at radius 1 is 1.13 bits per heavy atom. The minimum atomic E-state index is 0.300. The lowest BCUT2D eigenvalue weighted by Crippen LogP contribution is -2.22. The summed E-state index contributed by atoms with van der Waals surface area (Å²) in [6.07, 6.45) is 0. The van der Waals surface area contributed by atoms with Gasteiger partial charge in [-0.25, -0.2) is 4.99 Å². The van der Waals surface area contributed by atoms with E-state index in [-0.39, 0.29) is 0 Å². The summed E-state index contributed by atoms with van der Waals surface area (Å²) in [5.74, 6) is 1.71. The second-order valence-electron chi connectivity index (χ2n) is 4.99. The third-order valence-electron chi connectivity index (χ3n) is 3.29. The lowest BCUT2D eigenvalue weighted by atomic mass is 10.1. The van der Waals surface area contributed by atoms with E-state index in [2.05, 4.69) is 10.3 Å². The molecule has 0 unspecified atom stereocenters. The van der Waals surface area contributed by atoms with Gasteiger partial charge in [-0.15, -0.1) is 0 Å². The van der Waals surface area contributed by atoms with Gasteiger partial charge in [0, 0.05) is 11.3 Å². The molecule has 3 N–H and O–H groups in total. The molecule has 0 atom stereocenters. The molecular weight excluding hydrogens is 314 g/mol. The van der Waals surface area contributed by atoms with E-state index >= 15 is 0 Å². The number of aliphatic imine (C=N–C) groups is 1. The molecule has 0 bridgehead atoms. The van der Waals surface area contributed by atoms with Crippen molar-refractivity contribution < 1.29 is 9.47 Å². The van der Waals surface area contributed by atoms with Crippen LogP contribution in [0.1, 0.15) is 11.1 Å². The van der Waals surface area contributed by atoms with Gasteiger partial charge in [0.2, 0.25) is 0 Å². The van der Waals surface area contributed by atoms with Crippen LogP contribution in [0.25, 0.3) is 0 Å². The van der Waals surface area contributed by atoms with Crippen molar-refractivity contribution in [3.05, 3.63) is 52.5 Å². The predicted octanol–water partition coefficient (Wildman–Crippen LogP) is 3.59. The summed E-state index contributed by atoms with van der Waals surface area (Å²) in [6, 6.07) is 11.3. The van der Waals surface area contributed by atoms with Crippen molar-refractivity contribution in [2.75, 3.05) is 19.5 Å². The fraction of sp³-hybridized carbons (Fsp3) is 0.235. The van der Waals surface area contributed by atoms with E-state index in [0.29, 0.717) is 23.3 Å². The van der Waals surface area contributed by atoms with E-state index in [1.807, 2.05) is 31.2 Å². The zero-order valence-corrected chi connectivity index (χ0v) is 14.1.